The molecule has 0 atom stereocenters. The predicted octanol–water partition coefficient (Wildman–Crippen LogP) is 2.16. The average Bonchev–Trinajstić information content (AvgIpc) is 3.06. The molecule has 2 heterocycles. The smallest absolute Gasteiger partial charge is 0.231 e. The summed E-state index contributed by atoms with van der Waals surface area (Å²) in [6.45, 7) is 10.9. The van der Waals surface area contributed by atoms with Gasteiger partial charge < -0.3 is 29.9 Å². The van der Waals surface area contributed by atoms with Gasteiger partial charge >= 0.3 is 0 Å². The second kappa shape index (κ2) is 13.1. The third kappa shape index (κ3) is 8.18. The normalized spacial score (nSPS) is 17.5. The van der Waals surface area contributed by atoms with Crippen molar-refractivity contribution in [2.24, 2.45) is 4.99 Å². The number of hydrogen-bond donors (Lipinski definition) is 2. The largest absolute Gasteiger partial charge is 0.454 e. The molecule has 0 amide bonds. The molecule has 1 aromatic rings. The molecule has 2 N–H and O–H groups in total. The third-order valence-electron chi connectivity index (χ3n) is 5.20. The molecular weight excluding hydrogens is 481 g/mol. The van der Waals surface area contributed by atoms with E-state index < -0.39 is 0 Å². The van der Waals surface area contributed by atoms with Crippen molar-refractivity contribution in [2.45, 2.75) is 26.2 Å². The summed E-state index contributed by atoms with van der Waals surface area (Å²) in [5, 5.41) is 6.78. The first-order valence-corrected chi connectivity index (χ1v) is 10.6. The first-order chi connectivity index (χ1) is 13.7. The molecule has 1 aromatic carbocycles. The zero-order chi connectivity index (χ0) is 19.6. The highest BCUT2D eigenvalue weighted by Gasteiger charge is 2.13. The van der Waals surface area contributed by atoms with Gasteiger partial charge in [0.25, 0.3) is 0 Å². The molecule has 164 valence electrons. The van der Waals surface area contributed by atoms with Crippen molar-refractivity contribution in [3.05, 3.63) is 23.8 Å². The lowest BCUT2D eigenvalue weighted by molar-refractivity contribution is 0.174. The number of ether oxygens (including phenoxy) is 2. The quantitative estimate of drug-likeness (QED) is 0.239. The van der Waals surface area contributed by atoms with Crippen LogP contribution in [0.5, 0.6) is 11.5 Å². The van der Waals surface area contributed by atoms with Crippen molar-refractivity contribution in [3.63, 3.8) is 0 Å². The van der Waals surface area contributed by atoms with E-state index in [2.05, 4.69) is 46.5 Å². The molecule has 0 saturated carbocycles. The van der Waals surface area contributed by atoms with Crippen LogP contribution in [0.25, 0.3) is 0 Å². The molecule has 2 aliphatic rings. The Morgan fingerprint density at radius 2 is 1.97 bits per heavy atom. The Labute approximate surface area is 192 Å². The van der Waals surface area contributed by atoms with Gasteiger partial charge in [-0.05, 0) is 70.6 Å². The van der Waals surface area contributed by atoms with E-state index in [0.29, 0.717) is 6.79 Å². The molecule has 1 fully saturated rings. The maximum atomic E-state index is 5.45. The highest BCUT2D eigenvalue weighted by Crippen LogP contribution is 2.32. The van der Waals surface area contributed by atoms with Gasteiger partial charge in [0.1, 0.15) is 0 Å². The molecule has 0 aliphatic carbocycles. The molecular formula is C21H36IN5O2. The van der Waals surface area contributed by atoms with Gasteiger partial charge in [-0.25, -0.2) is 0 Å². The number of hydrogen-bond acceptors (Lipinski definition) is 5. The van der Waals surface area contributed by atoms with Gasteiger partial charge in [-0.1, -0.05) is 6.07 Å². The summed E-state index contributed by atoms with van der Waals surface area (Å²) in [7, 11) is 2.21. The monoisotopic (exact) mass is 517 g/mol. The predicted molar refractivity (Wildman–Crippen MR) is 129 cm³/mol. The summed E-state index contributed by atoms with van der Waals surface area (Å²) in [6, 6.07) is 6.14. The topological polar surface area (TPSA) is 61.4 Å². The van der Waals surface area contributed by atoms with E-state index in [1.807, 2.05) is 6.07 Å². The van der Waals surface area contributed by atoms with Crippen LogP contribution in [0.2, 0.25) is 0 Å². The van der Waals surface area contributed by atoms with Gasteiger partial charge in [-0.15, -0.1) is 24.0 Å². The fourth-order valence-electron chi connectivity index (χ4n) is 3.57. The number of nitrogens with one attached hydrogen (secondary N) is 2. The molecule has 8 heteroatoms. The summed E-state index contributed by atoms with van der Waals surface area (Å²) in [4.78, 5) is 9.73. The summed E-state index contributed by atoms with van der Waals surface area (Å²) < 4.78 is 10.8. The first-order valence-electron chi connectivity index (χ1n) is 10.6. The molecule has 1 saturated heterocycles. The molecule has 0 bridgehead atoms. The lowest BCUT2D eigenvalue weighted by Gasteiger charge is -2.19. The van der Waals surface area contributed by atoms with Crippen molar-refractivity contribution >= 4 is 29.9 Å². The minimum absolute atomic E-state index is 0. The van der Waals surface area contributed by atoms with E-state index in [9.17, 15) is 0 Å². The molecule has 0 spiro atoms. The van der Waals surface area contributed by atoms with Crippen molar-refractivity contribution in [2.75, 3.05) is 66.2 Å². The second-order valence-corrected chi connectivity index (χ2v) is 7.48. The van der Waals surface area contributed by atoms with E-state index >= 15 is 0 Å². The van der Waals surface area contributed by atoms with Crippen LogP contribution in [0.3, 0.4) is 0 Å². The molecule has 29 heavy (non-hydrogen) atoms. The zero-order valence-corrected chi connectivity index (χ0v) is 20.1. The molecule has 0 unspecified atom stereocenters. The van der Waals surface area contributed by atoms with Gasteiger partial charge in [0.2, 0.25) is 6.79 Å². The van der Waals surface area contributed by atoms with E-state index in [1.54, 1.807) is 0 Å². The van der Waals surface area contributed by atoms with Crippen molar-refractivity contribution in [1.82, 2.24) is 20.4 Å². The lowest BCUT2D eigenvalue weighted by Crippen LogP contribution is -2.38. The summed E-state index contributed by atoms with van der Waals surface area (Å²) in [6.07, 6.45) is 3.29. The number of likely N-dealkylation sites (N-methyl/N-ethyl adjacent to an activating group) is 1. The molecule has 2 aliphatic heterocycles. The Bertz CT molecular complexity index is 643. The highest BCUT2D eigenvalue weighted by atomic mass is 127. The van der Waals surface area contributed by atoms with Gasteiger partial charge in [0.15, 0.2) is 17.5 Å². The average molecular weight is 517 g/mol. The second-order valence-electron chi connectivity index (χ2n) is 7.48. The van der Waals surface area contributed by atoms with E-state index in [1.165, 1.54) is 38.2 Å². The van der Waals surface area contributed by atoms with Gasteiger partial charge in [0, 0.05) is 32.7 Å². The summed E-state index contributed by atoms with van der Waals surface area (Å²) >= 11 is 0. The summed E-state index contributed by atoms with van der Waals surface area (Å²) in [5.74, 6) is 2.58. The number of guanidine groups is 1. The SMILES string of the molecule is CCNC(=NCCCN1CCCN(C)CC1)NCCc1ccc2c(c1)OCO2.I. The number of fused-ring (bicyclic) bond motifs is 1. The fourth-order valence-corrected chi connectivity index (χ4v) is 3.57. The standard InChI is InChI=1S/C21H35N5O2.HI/c1-3-22-21(23-9-4-12-26-13-5-11-25(2)14-15-26)24-10-8-18-6-7-19-20(16-18)28-17-27-19;/h6-7,16H,3-5,8-15,17H2,1-2H3,(H2,22,23,24);1H. The molecule has 7 nitrogen and oxygen atoms in total. The minimum Gasteiger partial charge on any atom is -0.454 e. The molecule has 3 rings (SSSR count). The Balaban J connectivity index is 0.00000300. The summed E-state index contributed by atoms with van der Waals surface area (Å²) in [5.41, 5.74) is 1.23. The van der Waals surface area contributed by atoms with Crippen molar-refractivity contribution in [3.8, 4) is 11.5 Å². The van der Waals surface area contributed by atoms with E-state index in [4.69, 9.17) is 14.5 Å². The maximum Gasteiger partial charge on any atom is 0.231 e. The van der Waals surface area contributed by atoms with Crippen molar-refractivity contribution in [1.29, 1.82) is 0 Å². The van der Waals surface area contributed by atoms with Crippen molar-refractivity contribution < 1.29 is 9.47 Å². The minimum atomic E-state index is 0. The van der Waals surface area contributed by atoms with Crippen LogP contribution in [0.4, 0.5) is 0 Å². The van der Waals surface area contributed by atoms with Crippen LogP contribution < -0.4 is 20.1 Å². The van der Waals surface area contributed by atoms with Crippen LogP contribution in [-0.4, -0.2) is 82.0 Å². The van der Waals surface area contributed by atoms with E-state index in [0.717, 1.165) is 56.5 Å². The van der Waals surface area contributed by atoms with Crippen LogP contribution in [-0.2, 0) is 6.42 Å². The van der Waals surface area contributed by atoms with Crippen LogP contribution in [0, 0.1) is 0 Å². The van der Waals surface area contributed by atoms with Gasteiger partial charge in [-0.2, -0.15) is 0 Å². The van der Waals surface area contributed by atoms with Gasteiger partial charge in [0.05, 0.1) is 0 Å². The van der Waals surface area contributed by atoms with Crippen LogP contribution >= 0.6 is 24.0 Å². The number of halogens is 1. The molecule has 0 aromatic heterocycles. The number of nitrogens with zero attached hydrogens (tertiary/aromatic N) is 3. The number of rotatable bonds is 8. The Hall–Kier alpha value is -1.26. The first kappa shape index (κ1) is 24.0. The fraction of sp³-hybridized carbons (Fsp3) is 0.667. The third-order valence-corrected chi connectivity index (χ3v) is 5.20. The van der Waals surface area contributed by atoms with E-state index in [-0.39, 0.29) is 24.0 Å². The lowest BCUT2D eigenvalue weighted by atomic mass is 10.1. The highest BCUT2D eigenvalue weighted by molar-refractivity contribution is 14.0. The Morgan fingerprint density at radius 1 is 1.10 bits per heavy atom. The van der Waals surface area contributed by atoms with Crippen LogP contribution in [0.1, 0.15) is 25.3 Å². The van der Waals surface area contributed by atoms with Crippen LogP contribution in [0.15, 0.2) is 23.2 Å². The molecule has 0 radical (unpaired) electrons. The zero-order valence-electron chi connectivity index (χ0n) is 17.8. The Morgan fingerprint density at radius 3 is 2.83 bits per heavy atom. The Kier molecular flexibility index (Phi) is 10.9. The number of benzene rings is 1. The number of aliphatic imine (C=N–C) groups is 1. The maximum absolute atomic E-state index is 5.45. The van der Waals surface area contributed by atoms with Gasteiger partial charge in [-0.3, -0.25) is 4.99 Å².